The number of Topliss-reactive ketones (excluding diaryl/α,β-unsaturated/α-hetero) is 1. The van der Waals surface area contributed by atoms with Gasteiger partial charge in [0.1, 0.15) is 5.78 Å². The predicted octanol–water partition coefficient (Wildman–Crippen LogP) is 3.32. The molecule has 0 saturated carbocycles. The molecule has 0 fully saturated rings. The van der Waals surface area contributed by atoms with Crippen LogP contribution in [0.1, 0.15) is 38.8 Å². The summed E-state index contributed by atoms with van der Waals surface area (Å²) in [5.74, 6) is 0.692. The highest BCUT2D eigenvalue weighted by Crippen LogP contribution is 2.46. The first-order valence-electron chi connectivity index (χ1n) is 8.93. The minimum Gasteiger partial charge on any atom is -0.504 e. The number of phenols is 2. The van der Waals surface area contributed by atoms with E-state index in [-0.39, 0.29) is 22.7 Å². The Balaban J connectivity index is 1.90. The molecular formula is C19H22N4O3S. The smallest absolute Gasteiger partial charge is 0.227 e. The van der Waals surface area contributed by atoms with Crippen LogP contribution in [-0.2, 0) is 4.79 Å². The molecule has 4 rings (SSSR count). The number of carbonyl (C=O) groups is 1. The lowest BCUT2D eigenvalue weighted by Crippen LogP contribution is -2.42. The van der Waals surface area contributed by atoms with E-state index in [9.17, 15) is 15.0 Å². The molecule has 2 atom stereocenters. The maximum atomic E-state index is 13.1. The number of anilines is 1. The third-order valence-corrected chi connectivity index (χ3v) is 5.64. The Hall–Kier alpha value is -2.48. The van der Waals surface area contributed by atoms with E-state index in [2.05, 4.69) is 21.5 Å². The van der Waals surface area contributed by atoms with Crippen molar-refractivity contribution in [1.29, 1.82) is 0 Å². The first kappa shape index (κ1) is 17.9. The van der Waals surface area contributed by atoms with Crippen molar-refractivity contribution in [3.05, 3.63) is 35.5 Å². The third kappa shape index (κ3) is 3.07. The van der Waals surface area contributed by atoms with Gasteiger partial charge in [-0.3, -0.25) is 4.79 Å². The number of benzene rings is 1. The molecule has 0 amide bonds. The zero-order chi connectivity index (χ0) is 19.3. The lowest BCUT2D eigenvalue weighted by molar-refractivity contribution is -0.125. The molecule has 142 valence electrons. The number of thioether (sulfide) groups is 1. The van der Waals surface area contributed by atoms with Gasteiger partial charge in [-0.1, -0.05) is 44.7 Å². The Morgan fingerprint density at radius 3 is 2.81 bits per heavy atom. The fourth-order valence-electron chi connectivity index (χ4n) is 3.86. The molecule has 0 unspecified atom stereocenters. The van der Waals surface area contributed by atoms with Gasteiger partial charge in [0.25, 0.3) is 0 Å². The number of rotatable bonds is 3. The van der Waals surface area contributed by atoms with Gasteiger partial charge in [0.2, 0.25) is 11.1 Å². The van der Waals surface area contributed by atoms with E-state index in [1.54, 1.807) is 10.7 Å². The molecule has 0 spiro atoms. The zero-order valence-corrected chi connectivity index (χ0v) is 16.2. The number of ketones is 1. The number of allylic oxidation sites excluding steroid dienone is 2. The van der Waals surface area contributed by atoms with Crippen LogP contribution in [0.2, 0.25) is 0 Å². The van der Waals surface area contributed by atoms with Crippen molar-refractivity contribution in [3.63, 3.8) is 0 Å². The molecule has 7 nitrogen and oxygen atoms in total. The fourth-order valence-corrected chi connectivity index (χ4v) is 4.41. The SMILES string of the molecule is CCSc1nc2n(n1)[C@@H](c1ccc(O)c(O)c1)[C@@H]1C(=O)CC(C)(C)C=C1N2. The van der Waals surface area contributed by atoms with E-state index in [1.165, 1.54) is 23.9 Å². The number of aromatic nitrogens is 3. The Morgan fingerprint density at radius 2 is 2.11 bits per heavy atom. The van der Waals surface area contributed by atoms with Crippen molar-refractivity contribution in [1.82, 2.24) is 14.8 Å². The minimum absolute atomic E-state index is 0.119. The number of aromatic hydroxyl groups is 2. The highest BCUT2D eigenvalue weighted by atomic mass is 32.2. The molecular weight excluding hydrogens is 364 g/mol. The van der Waals surface area contributed by atoms with Crippen LogP contribution >= 0.6 is 11.8 Å². The summed E-state index contributed by atoms with van der Waals surface area (Å²) in [7, 11) is 0. The standard InChI is InChI=1S/C19H22N4O3S/c1-4-27-18-21-17-20-11-8-19(2,3)9-14(26)15(11)16(23(17)22-18)10-5-6-12(24)13(25)7-10/h5-8,15-16,24-25H,4,9H2,1-3H3,(H,20,21,22)/t15-,16-/m0/s1. The Bertz CT molecular complexity index is 950. The van der Waals surface area contributed by atoms with Gasteiger partial charge < -0.3 is 15.5 Å². The van der Waals surface area contributed by atoms with E-state index in [1.807, 2.05) is 20.8 Å². The van der Waals surface area contributed by atoms with Crippen LogP contribution < -0.4 is 5.32 Å². The van der Waals surface area contributed by atoms with Crippen molar-refractivity contribution in [2.24, 2.45) is 11.3 Å². The van der Waals surface area contributed by atoms with Crippen LogP contribution in [-0.4, -0.2) is 36.5 Å². The molecule has 27 heavy (non-hydrogen) atoms. The average Bonchev–Trinajstić information content (AvgIpc) is 2.96. The van der Waals surface area contributed by atoms with E-state index in [0.29, 0.717) is 23.1 Å². The summed E-state index contributed by atoms with van der Waals surface area (Å²) in [6.07, 6.45) is 2.53. The Kier molecular flexibility index (Phi) is 4.18. The molecule has 1 aliphatic carbocycles. The Labute approximate surface area is 161 Å². The van der Waals surface area contributed by atoms with Gasteiger partial charge in [-0.2, -0.15) is 4.98 Å². The van der Waals surface area contributed by atoms with Crippen LogP contribution in [0.3, 0.4) is 0 Å². The van der Waals surface area contributed by atoms with Crippen LogP contribution in [0.25, 0.3) is 0 Å². The van der Waals surface area contributed by atoms with Gasteiger partial charge in [-0.25, -0.2) is 4.68 Å². The molecule has 2 heterocycles. The average molecular weight is 386 g/mol. The summed E-state index contributed by atoms with van der Waals surface area (Å²) in [6.45, 7) is 6.10. The van der Waals surface area contributed by atoms with Gasteiger partial charge in [-0.05, 0) is 28.9 Å². The van der Waals surface area contributed by atoms with Crippen LogP contribution in [0.15, 0.2) is 35.1 Å². The lowest BCUT2D eigenvalue weighted by atomic mass is 9.72. The van der Waals surface area contributed by atoms with Crippen LogP contribution in [0.5, 0.6) is 11.5 Å². The number of nitrogens with zero attached hydrogens (tertiary/aromatic N) is 3. The normalized spacial score (nSPS) is 23.2. The summed E-state index contributed by atoms with van der Waals surface area (Å²) in [4.78, 5) is 17.6. The number of hydrogen-bond donors (Lipinski definition) is 3. The predicted molar refractivity (Wildman–Crippen MR) is 103 cm³/mol. The van der Waals surface area contributed by atoms with Gasteiger partial charge in [0.05, 0.1) is 12.0 Å². The van der Waals surface area contributed by atoms with Crippen molar-refractivity contribution in [3.8, 4) is 11.5 Å². The third-order valence-electron chi connectivity index (χ3n) is 4.92. The van der Waals surface area contributed by atoms with E-state index in [4.69, 9.17) is 0 Å². The maximum Gasteiger partial charge on any atom is 0.227 e. The van der Waals surface area contributed by atoms with Crippen LogP contribution in [0.4, 0.5) is 5.95 Å². The minimum atomic E-state index is -0.435. The topological polar surface area (TPSA) is 100 Å². The second-order valence-electron chi connectivity index (χ2n) is 7.62. The summed E-state index contributed by atoms with van der Waals surface area (Å²) in [5.41, 5.74) is 1.29. The number of hydrogen-bond acceptors (Lipinski definition) is 7. The molecule has 2 aliphatic rings. The van der Waals surface area contributed by atoms with Crippen molar-refractivity contribution in [2.45, 2.75) is 38.4 Å². The lowest BCUT2D eigenvalue weighted by Gasteiger charge is -2.40. The number of carbonyl (C=O) groups excluding carboxylic acids is 1. The largest absolute Gasteiger partial charge is 0.504 e. The quantitative estimate of drug-likeness (QED) is 0.549. The molecule has 1 aromatic heterocycles. The first-order valence-corrected chi connectivity index (χ1v) is 9.91. The monoisotopic (exact) mass is 386 g/mol. The molecule has 1 aliphatic heterocycles. The summed E-state index contributed by atoms with van der Waals surface area (Å²) >= 11 is 1.53. The van der Waals surface area contributed by atoms with Crippen molar-refractivity contribution >= 4 is 23.5 Å². The number of nitrogens with one attached hydrogen (secondary N) is 1. The molecule has 1 aromatic carbocycles. The van der Waals surface area contributed by atoms with Crippen molar-refractivity contribution < 1.29 is 15.0 Å². The summed E-state index contributed by atoms with van der Waals surface area (Å²) < 4.78 is 1.72. The zero-order valence-electron chi connectivity index (χ0n) is 15.4. The van der Waals surface area contributed by atoms with E-state index in [0.717, 1.165) is 11.4 Å². The molecule has 2 aromatic rings. The van der Waals surface area contributed by atoms with Gasteiger partial charge in [0, 0.05) is 12.1 Å². The summed E-state index contributed by atoms with van der Waals surface area (Å²) in [5, 5.41) is 28.2. The maximum absolute atomic E-state index is 13.1. The molecule has 0 bridgehead atoms. The molecule has 0 radical (unpaired) electrons. The van der Waals surface area contributed by atoms with E-state index >= 15 is 0 Å². The fraction of sp³-hybridized carbons (Fsp3) is 0.421. The second-order valence-corrected chi connectivity index (χ2v) is 8.85. The highest BCUT2D eigenvalue weighted by molar-refractivity contribution is 7.99. The van der Waals surface area contributed by atoms with Crippen LogP contribution in [0, 0.1) is 11.3 Å². The van der Waals surface area contributed by atoms with Gasteiger partial charge in [0.15, 0.2) is 11.5 Å². The van der Waals surface area contributed by atoms with Gasteiger partial charge >= 0.3 is 0 Å². The highest BCUT2D eigenvalue weighted by Gasteiger charge is 2.45. The van der Waals surface area contributed by atoms with E-state index < -0.39 is 12.0 Å². The number of phenolic OH excluding ortho intramolecular Hbond substituents is 2. The number of fused-ring (bicyclic) bond motifs is 2. The molecule has 8 heteroatoms. The molecule has 3 N–H and O–H groups in total. The first-order chi connectivity index (χ1) is 12.8. The van der Waals surface area contributed by atoms with Crippen molar-refractivity contribution in [2.75, 3.05) is 11.1 Å². The second kappa shape index (κ2) is 6.30. The Morgan fingerprint density at radius 1 is 1.33 bits per heavy atom. The van der Waals surface area contributed by atoms with Gasteiger partial charge in [-0.15, -0.1) is 5.10 Å². The summed E-state index contributed by atoms with van der Waals surface area (Å²) in [6, 6.07) is 4.22. The molecule has 0 saturated heterocycles.